The summed E-state index contributed by atoms with van der Waals surface area (Å²) in [5.41, 5.74) is 0.678. The SMILES string of the molecule is CN(C)C(=O)c1ccc(Cl)c(N=C=O)c1. The summed E-state index contributed by atoms with van der Waals surface area (Å²) in [6, 6.07) is 4.55. The van der Waals surface area contributed by atoms with Gasteiger partial charge in [-0.25, -0.2) is 4.79 Å². The van der Waals surface area contributed by atoms with Crippen LogP contribution >= 0.6 is 11.6 Å². The van der Waals surface area contributed by atoms with Crippen LogP contribution in [0.15, 0.2) is 23.2 Å². The molecule has 1 amide bonds. The predicted octanol–water partition coefficient (Wildman–Crippen LogP) is 2.01. The summed E-state index contributed by atoms with van der Waals surface area (Å²) in [6.07, 6.45) is 1.39. The van der Waals surface area contributed by atoms with E-state index >= 15 is 0 Å². The second kappa shape index (κ2) is 4.73. The Morgan fingerprint density at radius 2 is 2.13 bits per heavy atom. The highest BCUT2D eigenvalue weighted by atomic mass is 35.5. The quantitative estimate of drug-likeness (QED) is 0.570. The van der Waals surface area contributed by atoms with E-state index in [4.69, 9.17) is 11.6 Å². The molecule has 0 aliphatic carbocycles. The van der Waals surface area contributed by atoms with Gasteiger partial charge in [0.15, 0.2) is 0 Å². The molecule has 5 heteroatoms. The highest BCUT2D eigenvalue weighted by Gasteiger charge is 2.09. The number of aliphatic imine (C=N–C) groups is 1. The van der Waals surface area contributed by atoms with Gasteiger partial charge in [-0.2, -0.15) is 4.99 Å². The summed E-state index contributed by atoms with van der Waals surface area (Å²) in [6.45, 7) is 0. The number of isocyanates is 1. The maximum absolute atomic E-state index is 11.6. The Bertz CT molecular complexity index is 437. The summed E-state index contributed by atoms with van der Waals surface area (Å²) in [7, 11) is 3.28. The van der Waals surface area contributed by atoms with Crippen molar-refractivity contribution in [2.45, 2.75) is 0 Å². The monoisotopic (exact) mass is 224 g/mol. The normalized spacial score (nSPS) is 9.27. The number of hydrogen-bond donors (Lipinski definition) is 0. The summed E-state index contributed by atoms with van der Waals surface area (Å²) in [5, 5.41) is 0.314. The minimum atomic E-state index is -0.172. The van der Waals surface area contributed by atoms with Crippen LogP contribution in [0.25, 0.3) is 0 Å². The van der Waals surface area contributed by atoms with E-state index in [-0.39, 0.29) is 11.6 Å². The number of rotatable bonds is 2. The van der Waals surface area contributed by atoms with Crippen LogP contribution in [0.5, 0.6) is 0 Å². The Morgan fingerprint density at radius 1 is 1.47 bits per heavy atom. The minimum absolute atomic E-state index is 0.172. The maximum Gasteiger partial charge on any atom is 0.253 e. The smallest absolute Gasteiger partial charge is 0.253 e. The molecule has 1 aromatic rings. The van der Waals surface area contributed by atoms with Crippen molar-refractivity contribution in [3.05, 3.63) is 28.8 Å². The van der Waals surface area contributed by atoms with Crippen LogP contribution in [-0.4, -0.2) is 31.0 Å². The number of benzene rings is 1. The zero-order valence-corrected chi connectivity index (χ0v) is 9.08. The molecule has 1 rings (SSSR count). The number of nitrogens with zero attached hydrogens (tertiary/aromatic N) is 2. The van der Waals surface area contributed by atoms with E-state index in [1.807, 2.05) is 0 Å². The van der Waals surface area contributed by atoms with E-state index in [1.54, 1.807) is 20.2 Å². The molecule has 0 aliphatic heterocycles. The molecule has 1 aromatic carbocycles. The second-order valence-electron chi connectivity index (χ2n) is 3.07. The first-order valence-corrected chi connectivity index (χ1v) is 4.53. The van der Waals surface area contributed by atoms with Gasteiger partial charge in [0.1, 0.15) is 0 Å². The van der Waals surface area contributed by atoms with Crippen LogP contribution in [0.2, 0.25) is 5.02 Å². The summed E-state index contributed by atoms with van der Waals surface area (Å²) < 4.78 is 0. The fourth-order valence-electron chi connectivity index (χ4n) is 1.04. The number of halogens is 1. The molecule has 0 saturated carbocycles. The Hall–Kier alpha value is -1.64. The average Bonchev–Trinajstić information content (AvgIpc) is 2.20. The van der Waals surface area contributed by atoms with Gasteiger partial charge in [0.2, 0.25) is 6.08 Å². The van der Waals surface area contributed by atoms with Gasteiger partial charge in [-0.05, 0) is 18.2 Å². The minimum Gasteiger partial charge on any atom is -0.345 e. The summed E-state index contributed by atoms with van der Waals surface area (Å²) in [4.78, 5) is 26.5. The van der Waals surface area contributed by atoms with E-state index < -0.39 is 0 Å². The molecule has 0 saturated heterocycles. The zero-order chi connectivity index (χ0) is 11.4. The molecule has 78 valence electrons. The van der Waals surface area contributed by atoms with Crippen molar-refractivity contribution >= 4 is 29.3 Å². The van der Waals surface area contributed by atoms with Crippen molar-refractivity contribution in [2.75, 3.05) is 14.1 Å². The van der Waals surface area contributed by atoms with Crippen LogP contribution < -0.4 is 0 Å². The molecular weight excluding hydrogens is 216 g/mol. The summed E-state index contributed by atoms with van der Waals surface area (Å²) in [5.74, 6) is -0.172. The molecule has 0 spiro atoms. The number of hydrogen-bond acceptors (Lipinski definition) is 3. The Balaban J connectivity index is 3.18. The molecule has 0 radical (unpaired) electrons. The van der Waals surface area contributed by atoms with Crippen LogP contribution in [0.1, 0.15) is 10.4 Å². The van der Waals surface area contributed by atoms with Crippen molar-refractivity contribution < 1.29 is 9.59 Å². The lowest BCUT2D eigenvalue weighted by molar-refractivity contribution is 0.0827. The van der Waals surface area contributed by atoms with Crippen LogP contribution in [0.3, 0.4) is 0 Å². The first-order valence-electron chi connectivity index (χ1n) is 4.15. The molecule has 15 heavy (non-hydrogen) atoms. The molecule has 0 aromatic heterocycles. The molecule has 0 aliphatic rings. The standard InChI is InChI=1S/C10H9ClN2O2/c1-13(2)10(15)7-3-4-8(11)9(5-7)12-6-14/h3-5H,1-2H3. The predicted molar refractivity (Wildman–Crippen MR) is 57.3 cm³/mol. The van der Waals surface area contributed by atoms with Crippen LogP contribution in [0, 0.1) is 0 Å². The molecule has 0 unspecified atom stereocenters. The lowest BCUT2D eigenvalue weighted by atomic mass is 10.2. The fraction of sp³-hybridized carbons (Fsp3) is 0.200. The van der Waals surface area contributed by atoms with Gasteiger partial charge in [0, 0.05) is 19.7 Å². The third kappa shape index (κ3) is 2.65. The van der Waals surface area contributed by atoms with Gasteiger partial charge >= 0.3 is 0 Å². The summed E-state index contributed by atoms with van der Waals surface area (Å²) >= 11 is 5.76. The highest BCUT2D eigenvalue weighted by molar-refractivity contribution is 6.33. The first-order chi connectivity index (χ1) is 7.06. The molecule has 0 bridgehead atoms. The van der Waals surface area contributed by atoms with E-state index in [1.165, 1.54) is 23.1 Å². The molecular formula is C10H9ClN2O2. The Kier molecular flexibility index (Phi) is 3.61. The van der Waals surface area contributed by atoms with Gasteiger partial charge in [-0.15, -0.1) is 0 Å². The van der Waals surface area contributed by atoms with E-state index in [2.05, 4.69) is 4.99 Å². The largest absolute Gasteiger partial charge is 0.345 e. The zero-order valence-electron chi connectivity index (χ0n) is 8.32. The molecule has 0 N–H and O–H groups in total. The van der Waals surface area contributed by atoms with Gasteiger partial charge in [0.25, 0.3) is 5.91 Å². The van der Waals surface area contributed by atoms with Crippen molar-refractivity contribution in [1.82, 2.24) is 4.90 Å². The van der Waals surface area contributed by atoms with E-state index in [0.717, 1.165) is 0 Å². The average molecular weight is 225 g/mol. The molecule has 4 nitrogen and oxygen atoms in total. The van der Waals surface area contributed by atoms with Gasteiger partial charge in [0.05, 0.1) is 10.7 Å². The number of amides is 1. The highest BCUT2D eigenvalue weighted by Crippen LogP contribution is 2.25. The molecule has 0 heterocycles. The van der Waals surface area contributed by atoms with E-state index in [0.29, 0.717) is 10.6 Å². The Morgan fingerprint density at radius 3 is 2.67 bits per heavy atom. The number of carbonyl (C=O) groups excluding carboxylic acids is 2. The lowest BCUT2D eigenvalue weighted by Gasteiger charge is -2.10. The molecule has 0 atom stereocenters. The Labute approximate surface area is 92.2 Å². The van der Waals surface area contributed by atoms with Crippen molar-refractivity contribution in [1.29, 1.82) is 0 Å². The van der Waals surface area contributed by atoms with Gasteiger partial charge in [-0.1, -0.05) is 11.6 Å². The topological polar surface area (TPSA) is 49.7 Å². The number of carbonyl (C=O) groups is 1. The third-order valence-corrected chi connectivity index (χ3v) is 2.08. The third-order valence-electron chi connectivity index (χ3n) is 1.77. The van der Waals surface area contributed by atoms with Crippen molar-refractivity contribution in [3.8, 4) is 0 Å². The fourth-order valence-corrected chi connectivity index (χ4v) is 1.20. The van der Waals surface area contributed by atoms with Crippen molar-refractivity contribution in [2.24, 2.45) is 4.99 Å². The van der Waals surface area contributed by atoms with Crippen LogP contribution in [-0.2, 0) is 4.79 Å². The maximum atomic E-state index is 11.6. The lowest BCUT2D eigenvalue weighted by Crippen LogP contribution is -2.21. The van der Waals surface area contributed by atoms with E-state index in [9.17, 15) is 9.59 Å². The van der Waals surface area contributed by atoms with Gasteiger partial charge in [-0.3, -0.25) is 4.79 Å². The van der Waals surface area contributed by atoms with Crippen molar-refractivity contribution in [3.63, 3.8) is 0 Å². The molecule has 0 fully saturated rings. The first kappa shape index (κ1) is 11.4. The second-order valence-corrected chi connectivity index (χ2v) is 3.48. The van der Waals surface area contributed by atoms with Crippen LogP contribution in [0.4, 0.5) is 5.69 Å². The van der Waals surface area contributed by atoms with Gasteiger partial charge < -0.3 is 4.90 Å².